The van der Waals surface area contributed by atoms with Crippen LogP contribution in [-0.4, -0.2) is 59.4 Å². The molecule has 1 aliphatic heterocycles. The molecule has 2 amide bonds. The van der Waals surface area contributed by atoms with Gasteiger partial charge in [0.25, 0.3) is 0 Å². The smallest absolute Gasteiger partial charge is 0.241 e. The van der Waals surface area contributed by atoms with Crippen molar-refractivity contribution in [3.8, 4) is 5.75 Å². The van der Waals surface area contributed by atoms with Crippen LogP contribution in [0, 0.1) is 0 Å². The summed E-state index contributed by atoms with van der Waals surface area (Å²) < 4.78 is 0. The molecule has 1 fully saturated rings. The Morgan fingerprint density at radius 1 is 1.38 bits per heavy atom. The fourth-order valence-electron chi connectivity index (χ4n) is 3.43. The van der Waals surface area contributed by atoms with Crippen molar-refractivity contribution in [2.45, 2.75) is 38.8 Å². The number of aromatic hydroxyl groups is 1. The van der Waals surface area contributed by atoms with Crippen molar-refractivity contribution in [1.82, 2.24) is 15.1 Å². The number of nitrogens with zero attached hydrogens (tertiary/aromatic N) is 2. The predicted molar refractivity (Wildman–Crippen MR) is 92.6 cm³/mol. The van der Waals surface area contributed by atoms with Crippen LogP contribution in [0.2, 0.25) is 0 Å². The molecule has 0 aromatic heterocycles. The minimum absolute atomic E-state index is 0.0755. The molecule has 1 aliphatic rings. The van der Waals surface area contributed by atoms with E-state index < -0.39 is 6.04 Å². The summed E-state index contributed by atoms with van der Waals surface area (Å²) in [5, 5.41) is 12.5. The third-order valence-corrected chi connectivity index (χ3v) is 4.67. The highest BCUT2D eigenvalue weighted by atomic mass is 16.3. The monoisotopic (exact) mass is 333 g/mol. The first-order chi connectivity index (χ1) is 11.5. The Morgan fingerprint density at radius 2 is 2.08 bits per heavy atom. The summed E-state index contributed by atoms with van der Waals surface area (Å²) in [5.41, 5.74) is 0.702. The van der Waals surface area contributed by atoms with E-state index >= 15 is 0 Å². The maximum absolute atomic E-state index is 12.8. The lowest BCUT2D eigenvalue weighted by Crippen LogP contribution is -2.49. The van der Waals surface area contributed by atoms with Gasteiger partial charge in [-0.3, -0.25) is 14.5 Å². The number of hydrogen-bond acceptors (Lipinski definition) is 4. The highest BCUT2D eigenvalue weighted by Gasteiger charge is 2.40. The third-order valence-electron chi connectivity index (χ3n) is 4.67. The van der Waals surface area contributed by atoms with Gasteiger partial charge in [-0.25, -0.2) is 0 Å². The number of likely N-dealkylation sites (N-methyl/N-ethyl adjacent to an activating group) is 2. The Bertz CT molecular complexity index is 587. The van der Waals surface area contributed by atoms with E-state index in [4.69, 9.17) is 0 Å². The number of benzene rings is 1. The Hall–Kier alpha value is -2.08. The van der Waals surface area contributed by atoms with Gasteiger partial charge in [0.2, 0.25) is 11.8 Å². The van der Waals surface area contributed by atoms with Gasteiger partial charge in [0.05, 0.1) is 6.04 Å². The molecule has 1 aromatic rings. The van der Waals surface area contributed by atoms with Crippen LogP contribution in [0.4, 0.5) is 0 Å². The number of rotatable bonds is 6. The first-order valence-corrected chi connectivity index (χ1v) is 8.58. The van der Waals surface area contributed by atoms with Crippen LogP contribution in [-0.2, 0) is 9.59 Å². The van der Waals surface area contributed by atoms with Gasteiger partial charge in [-0.1, -0.05) is 12.1 Å². The van der Waals surface area contributed by atoms with Gasteiger partial charge in [0.15, 0.2) is 0 Å². The van der Waals surface area contributed by atoms with Crippen LogP contribution in [0.15, 0.2) is 24.3 Å². The van der Waals surface area contributed by atoms with Gasteiger partial charge in [-0.2, -0.15) is 0 Å². The Balaban J connectivity index is 2.34. The van der Waals surface area contributed by atoms with Crippen LogP contribution < -0.4 is 5.32 Å². The number of amides is 2. The molecule has 0 spiro atoms. The molecular formula is C18H27N3O3. The standard InChI is InChI=1S/C18H27N3O3/c1-4-20(5-2)18(24)15-10-7-11-21(15)16(17(23)19-3)13-8-6-9-14(22)12-13/h6,8-9,12,15-16,22H,4-5,7,10-11H2,1-3H3,(H,19,23). The van der Waals surface area contributed by atoms with E-state index in [0.717, 1.165) is 12.8 Å². The highest BCUT2D eigenvalue weighted by Crippen LogP contribution is 2.32. The summed E-state index contributed by atoms with van der Waals surface area (Å²) in [6, 6.07) is 5.84. The van der Waals surface area contributed by atoms with Crippen LogP contribution >= 0.6 is 0 Å². The number of phenols is 1. The van der Waals surface area contributed by atoms with Gasteiger partial charge < -0.3 is 15.3 Å². The van der Waals surface area contributed by atoms with E-state index in [2.05, 4.69) is 5.32 Å². The molecule has 2 atom stereocenters. The number of likely N-dealkylation sites (tertiary alicyclic amines) is 1. The summed E-state index contributed by atoms with van der Waals surface area (Å²) in [7, 11) is 1.59. The Labute approximate surface area is 143 Å². The zero-order chi connectivity index (χ0) is 17.7. The molecule has 2 N–H and O–H groups in total. The average molecular weight is 333 g/mol. The first-order valence-electron chi connectivity index (χ1n) is 8.58. The third kappa shape index (κ3) is 3.70. The van der Waals surface area contributed by atoms with E-state index in [1.807, 2.05) is 29.7 Å². The summed E-state index contributed by atoms with van der Waals surface area (Å²) in [6.45, 7) is 5.94. The molecule has 6 nitrogen and oxygen atoms in total. The van der Waals surface area contributed by atoms with Crippen LogP contribution in [0.3, 0.4) is 0 Å². The van der Waals surface area contributed by atoms with Gasteiger partial charge in [0.1, 0.15) is 11.8 Å². The molecule has 132 valence electrons. The Morgan fingerprint density at radius 3 is 2.67 bits per heavy atom. The molecule has 0 radical (unpaired) electrons. The van der Waals surface area contributed by atoms with Crippen LogP contribution in [0.5, 0.6) is 5.75 Å². The molecule has 24 heavy (non-hydrogen) atoms. The fraction of sp³-hybridized carbons (Fsp3) is 0.556. The number of hydrogen-bond donors (Lipinski definition) is 2. The molecular weight excluding hydrogens is 306 g/mol. The lowest BCUT2D eigenvalue weighted by molar-refractivity contribution is -0.138. The zero-order valence-electron chi connectivity index (χ0n) is 14.7. The maximum Gasteiger partial charge on any atom is 0.241 e. The lowest BCUT2D eigenvalue weighted by Gasteiger charge is -2.34. The minimum atomic E-state index is -0.575. The van der Waals surface area contributed by atoms with Crippen molar-refractivity contribution in [2.75, 3.05) is 26.7 Å². The molecule has 0 saturated carbocycles. The minimum Gasteiger partial charge on any atom is -0.508 e. The van der Waals surface area contributed by atoms with E-state index in [1.165, 1.54) is 0 Å². The van der Waals surface area contributed by atoms with Gasteiger partial charge in [-0.05, 0) is 44.4 Å². The zero-order valence-corrected chi connectivity index (χ0v) is 14.7. The van der Waals surface area contributed by atoms with Crippen molar-refractivity contribution < 1.29 is 14.7 Å². The molecule has 6 heteroatoms. The summed E-state index contributed by atoms with van der Waals surface area (Å²) >= 11 is 0. The van der Waals surface area contributed by atoms with Gasteiger partial charge in [0, 0.05) is 26.7 Å². The van der Waals surface area contributed by atoms with Crippen LogP contribution in [0.1, 0.15) is 38.3 Å². The second-order valence-electron chi connectivity index (χ2n) is 6.02. The quantitative estimate of drug-likeness (QED) is 0.828. The van der Waals surface area contributed by atoms with Crippen molar-refractivity contribution in [3.05, 3.63) is 29.8 Å². The molecule has 0 aliphatic carbocycles. The number of carbonyl (C=O) groups excluding carboxylic acids is 2. The van der Waals surface area contributed by atoms with Crippen molar-refractivity contribution in [3.63, 3.8) is 0 Å². The second kappa shape index (κ2) is 8.15. The second-order valence-corrected chi connectivity index (χ2v) is 6.02. The van der Waals surface area contributed by atoms with Crippen molar-refractivity contribution in [1.29, 1.82) is 0 Å². The largest absolute Gasteiger partial charge is 0.508 e. The first kappa shape index (κ1) is 18.3. The number of phenolic OH excluding ortho intramolecular Hbond substituents is 1. The maximum atomic E-state index is 12.8. The molecule has 1 saturated heterocycles. The van der Waals surface area contributed by atoms with E-state index in [1.54, 1.807) is 25.2 Å². The average Bonchev–Trinajstić information content (AvgIpc) is 3.05. The van der Waals surface area contributed by atoms with Crippen LogP contribution in [0.25, 0.3) is 0 Å². The lowest BCUT2D eigenvalue weighted by atomic mass is 10.0. The predicted octanol–water partition coefficient (Wildman–Crippen LogP) is 1.51. The van der Waals surface area contributed by atoms with E-state index in [0.29, 0.717) is 25.2 Å². The van der Waals surface area contributed by atoms with Crippen molar-refractivity contribution >= 4 is 11.8 Å². The van der Waals surface area contributed by atoms with E-state index in [9.17, 15) is 14.7 Å². The number of nitrogens with one attached hydrogen (secondary N) is 1. The fourth-order valence-corrected chi connectivity index (χ4v) is 3.43. The van der Waals surface area contributed by atoms with Gasteiger partial charge >= 0.3 is 0 Å². The normalized spacial score (nSPS) is 19.0. The topological polar surface area (TPSA) is 72.9 Å². The molecule has 1 aromatic carbocycles. The van der Waals surface area contributed by atoms with Crippen molar-refractivity contribution in [2.24, 2.45) is 0 Å². The summed E-state index contributed by atoms with van der Waals surface area (Å²) in [4.78, 5) is 29.1. The number of carbonyl (C=O) groups is 2. The summed E-state index contributed by atoms with van der Waals surface area (Å²) in [5.74, 6) is 0.0265. The molecule has 0 bridgehead atoms. The molecule has 2 unspecified atom stereocenters. The molecule has 2 rings (SSSR count). The van der Waals surface area contributed by atoms with E-state index in [-0.39, 0.29) is 23.6 Å². The SMILES string of the molecule is CCN(CC)C(=O)C1CCCN1C(C(=O)NC)c1cccc(O)c1. The Kier molecular flexibility index (Phi) is 6.20. The van der Waals surface area contributed by atoms with Gasteiger partial charge in [-0.15, -0.1) is 0 Å². The summed E-state index contributed by atoms with van der Waals surface area (Å²) in [6.07, 6.45) is 1.63. The molecule has 1 heterocycles. The highest BCUT2D eigenvalue weighted by molar-refractivity contribution is 5.86.